The van der Waals surface area contributed by atoms with Crippen molar-refractivity contribution in [3.63, 3.8) is 0 Å². The lowest BCUT2D eigenvalue weighted by atomic mass is 10.0. The minimum atomic E-state index is -0.768. The Balaban J connectivity index is 3.52. The molecule has 1 N–H and O–H groups in total. The van der Waals surface area contributed by atoms with Gasteiger partial charge in [0.05, 0.1) is 6.61 Å². The zero-order valence-electron chi connectivity index (χ0n) is 30.1. The van der Waals surface area contributed by atoms with Gasteiger partial charge in [-0.2, -0.15) is 0 Å². The molecule has 0 saturated carbocycles. The molecule has 45 heavy (non-hydrogen) atoms. The van der Waals surface area contributed by atoms with E-state index in [2.05, 4.69) is 26.0 Å². The van der Waals surface area contributed by atoms with E-state index in [9.17, 15) is 14.7 Å². The number of aliphatic hydroxyl groups is 1. The summed E-state index contributed by atoms with van der Waals surface area (Å²) in [7, 11) is 0. The third kappa shape index (κ3) is 35.3. The first kappa shape index (κ1) is 43.6. The molecule has 5 nitrogen and oxygen atoms in total. The summed E-state index contributed by atoms with van der Waals surface area (Å²) in [4.78, 5) is 24.2. The maximum Gasteiger partial charge on any atom is 0.306 e. The first-order valence-corrected chi connectivity index (χ1v) is 19.7. The molecule has 266 valence electrons. The summed E-state index contributed by atoms with van der Waals surface area (Å²) in [6.45, 7) is 4.14. The van der Waals surface area contributed by atoms with Gasteiger partial charge in [0.15, 0.2) is 6.10 Å². The summed E-state index contributed by atoms with van der Waals surface area (Å²) in [6.07, 6.45) is 41.3. The van der Waals surface area contributed by atoms with E-state index in [-0.39, 0.29) is 25.2 Å². The van der Waals surface area contributed by atoms with E-state index in [1.54, 1.807) is 0 Å². The average Bonchev–Trinajstić information content (AvgIpc) is 3.04. The van der Waals surface area contributed by atoms with Crippen molar-refractivity contribution in [2.24, 2.45) is 0 Å². The zero-order valence-corrected chi connectivity index (χ0v) is 30.1. The number of carbonyl (C=O) groups is 2. The molecule has 1 unspecified atom stereocenters. The van der Waals surface area contributed by atoms with Gasteiger partial charge >= 0.3 is 11.9 Å². The van der Waals surface area contributed by atoms with Gasteiger partial charge in [0, 0.05) is 12.8 Å². The highest BCUT2D eigenvalue weighted by Gasteiger charge is 2.16. The Kier molecular flexibility index (Phi) is 36.0. The van der Waals surface area contributed by atoms with Gasteiger partial charge in [0.1, 0.15) is 6.61 Å². The van der Waals surface area contributed by atoms with Crippen molar-refractivity contribution in [3.8, 4) is 0 Å². The highest BCUT2D eigenvalue weighted by atomic mass is 16.6. The van der Waals surface area contributed by atoms with E-state index in [0.717, 1.165) is 44.9 Å². The lowest BCUT2D eigenvalue weighted by Crippen LogP contribution is -2.28. The van der Waals surface area contributed by atoms with E-state index in [4.69, 9.17) is 9.47 Å². The molecule has 5 heteroatoms. The van der Waals surface area contributed by atoms with Crippen LogP contribution in [-0.2, 0) is 19.1 Å². The fourth-order valence-electron chi connectivity index (χ4n) is 5.78. The number of hydrogen-bond donors (Lipinski definition) is 1. The third-order valence-electron chi connectivity index (χ3n) is 8.81. The van der Waals surface area contributed by atoms with Crippen molar-refractivity contribution in [2.45, 2.75) is 219 Å². The first-order valence-electron chi connectivity index (χ1n) is 19.7. The van der Waals surface area contributed by atoms with E-state index >= 15 is 0 Å². The molecule has 0 heterocycles. The van der Waals surface area contributed by atoms with Crippen LogP contribution in [0.5, 0.6) is 0 Å². The van der Waals surface area contributed by atoms with Gasteiger partial charge < -0.3 is 14.6 Å². The van der Waals surface area contributed by atoms with Gasteiger partial charge in [-0.3, -0.25) is 9.59 Å². The van der Waals surface area contributed by atoms with E-state index in [0.29, 0.717) is 12.8 Å². The zero-order chi connectivity index (χ0) is 32.9. The number of allylic oxidation sites excluding steroid dienone is 2. The molecule has 0 aromatic heterocycles. The molecule has 0 aliphatic carbocycles. The molecule has 0 aromatic carbocycles. The maximum atomic E-state index is 12.1. The van der Waals surface area contributed by atoms with Crippen LogP contribution in [0.25, 0.3) is 0 Å². The predicted octanol–water partition coefficient (Wildman–Crippen LogP) is 12.1. The largest absolute Gasteiger partial charge is 0.462 e. The predicted molar refractivity (Wildman–Crippen MR) is 192 cm³/mol. The lowest BCUT2D eigenvalue weighted by molar-refractivity contribution is -0.161. The molecule has 0 saturated heterocycles. The second-order valence-electron chi connectivity index (χ2n) is 13.4. The Morgan fingerprint density at radius 1 is 0.489 bits per heavy atom. The average molecular weight is 637 g/mol. The van der Waals surface area contributed by atoms with Gasteiger partial charge in [-0.25, -0.2) is 0 Å². The molecule has 0 aromatic rings. The van der Waals surface area contributed by atoms with Crippen LogP contribution in [-0.4, -0.2) is 36.4 Å². The van der Waals surface area contributed by atoms with Crippen LogP contribution < -0.4 is 0 Å². The highest BCUT2D eigenvalue weighted by Crippen LogP contribution is 2.15. The molecular weight excluding hydrogens is 560 g/mol. The Morgan fingerprint density at radius 3 is 1.20 bits per heavy atom. The Labute approximate surface area is 280 Å². The topological polar surface area (TPSA) is 72.8 Å². The van der Waals surface area contributed by atoms with E-state index in [1.165, 1.54) is 141 Å². The number of unbranched alkanes of at least 4 members (excludes halogenated alkanes) is 26. The van der Waals surface area contributed by atoms with Crippen molar-refractivity contribution in [2.75, 3.05) is 13.2 Å². The van der Waals surface area contributed by atoms with Crippen molar-refractivity contribution in [3.05, 3.63) is 12.2 Å². The quantitative estimate of drug-likeness (QED) is 0.0421. The van der Waals surface area contributed by atoms with Crippen molar-refractivity contribution < 1.29 is 24.2 Å². The van der Waals surface area contributed by atoms with Gasteiger partial charge in [-0.1, -0.05) is 174 Å². The van der Waals surface area contributed by atoms with Gasteiger partial charge in [0.25, 0.3) is 0 Å². The van der Waals surface area contributed by atoms with Crippen LogP contribution in [0.4, 0.5) is 0 Å². The van der Waals surface area contributed by atoms with Gasteiger partial charge in [0.2, 0.25) is 0 Å². The molecule has 0 bridgehead atoms. The summed E-state index contributed by atoms with van der Waals surface area (Å²) in [5.41, 5.74) is 0. The molecule has 1 atom stereocenters. The minimum Gasteiger partial charge on any atom is -0.462 e. The number of rotatable bonds is 36. The van der Waals surface area contributed by atoms with Crippen LogP contribution in [0.1, 0.15) is 213 Å². The van der Waals surface area contributed by atoms with Crippen LogP contribution >= 0.6 is 0 Å². The van der Waals surface area contributed by atoms with Crippen LogP contribution in [0.3, 0.4) is 0 Å². The molecule has 0 radical (unpaired) electrons. The molecular formula is C40H76O5. The molecule has 0 aliphatic rings. The number of aliphatic hydroxyl groups excluding tert-OH is 1. The van der Waals surface area contributed by atoms with Gasteiger partial charge in [-0.05, 0) is 38.5 Å². The Bertz CT molecular complexity index is 647. The SMILES string of the molecule is CCCCCCCC/C=C\CCCCCCCC(=O)OC(CO)COC(=O)CCCCCCCCCCCCCCCCCC. The van der Waals surface area contributed by atoms with E-state index < -0.39 is 6.10 Å². The second kappa shape index (κ2) is 37.1. The first-order chi connectivity index (χ1) is 22.1. The standard InChI is InChI=1S/C40H76O5/c1-3-5-7-9-11-13-15-17-19-21-22-24-26-28-30-32-34-39(42)44-37-38(36-41)45-40(43)35-33-31-29-27-25-23-20-18-16-14-12-10-8-6-4-2/h18,20,38,41H,3-17,19,21-37H2,1-2H3/b20-18-. The molecule has 0 aliphatic heterocycles. The number of ether oxygens (including phenoxy) is 2. The summed E-state index contributed by atoms with van der Waals surface area (Å²) in [5.74, 6) is -0.590. The molecule has 0 spiro atoms. The van der Waals surface area contributed by atoms with Gasteiger partial charge in [-0.15, -0.1) is 0 Å². The van der Waals surface area contributed by atoms with Crippen LogP contribution in [0.2, 0.25) is 0 Å². The Morgan fingerprint density at radius 2 is 0.822 bits per heavy atom. The lowest BCUT2D eigenvalue weighted by Gasteiger charge is -2.15. The fraction of sp³-hybridized carbons (Fsp3) is 0.900. The molecule has 0 rings (SSSR count). The molecule has 0 amide bonds. The van der Waals surface area contributed by atoms with Crippen LogP contribution in [0.15, 0.2) is 12.2 Å². The molecule has 0 fully saturated rings. The summed E-state index contributed by atoms with van der Waals surface area (Å²) in [6, 6.07) is 0. The highest BCUT2D eigenvalue weighted by molar-refractivity contribution is 5.70. The van der Waals surface area contributed by atoms with Crippen LogP contribution in [0, 0.1) is 0 Å². The number of carbonyl (C=O) groups excluding carboxylic acids is 2. The van der Waals surface area contributed by atoms with E-state index in [1.807, 2.05) is 0 Å². The minimum absolute atomic E-state index is 0.0632. The summed E-state index contributed by atoms with van der Waals surface area (Å²) >= 11 is 0. The fourth-order valence-corrected chi connectivity index (χ4v) is 5.78. The monoisotopic (exact) mass is 637 g/mol. The Hall–Kier alpha value is -1.36. The smallest absolute Gasteiger partial charge is 0.306 e. The maximum absolute atomic E-state index is 12.1. The number of esters is 2. The summed E-state index contributed by atoms with van der Waals surface area (Å²) in [5, 5.41) is 9.54. The third-order valence-corrected chi connectivity index (χ3v) is 8.81. The van der Waals surface area contributed by atoms with Crippen molar-refractivity contribution >= 4 is 11.9 Å². The summed E-state index contributed by atoms with van der Waals surface area (Å²) < 4.78 is 10.6. The van der Waals surface area contributed by atoms with Crippen molar-refractivity contribution in [1.82, 2.24) is 0 Å². The second-order valence-corrected chi connectivity index (χ2v) is 13.4. The number of hydrogen-bond acceptors (Lipinski definition) is 5. The van der Waals surface area contributed by atoms with Crippen molar-refractivity contribution in [1.29, 1.82) is 0 Å². The normalized spacial score (nSPS) is 12.2.